The lowest BCUT2D eigenvalue weighted by molar-refractivity contribution is -0.118. The number of amides is 3. The first-order valence-electron chi connectivity index (χ1n) is 10.5. The van der Waals surface area contributed by atoms with Gasteiger partial charge in [0, 0.05) is 11.3 Å². The van der Waals surface area contributed by atoms with Crippen LogP contribution in [0.4, 0.5) is 15.8 Å². The minimum Gasteiger partial charge on any atom is -0.469 e. The van der Waals surface area contributed by atoms with Gasteiger partial charge in [0.2, 0.25) is 5.91 Å². The highest BCUT2D eigenvalue weighted by atomic mass is 19.1. The van der Waals surface area contributed by atoms with Gasteiger partial charge in [-0.3, -0.25) is 14.4 Å². The molecule has 0 saturated carbocycles. The number of anilines is 2. The molecule has 1 aromatic heterocycles. The maximum atomic E-state index is 14.3. The van der Waals surface area contributed by atoms with Crippen molar-refractivity contribution >= 4 is 29.1 Å². The van der Waals surface area contributed by atoms with Crippen LogP contribution in [0.3, 0.4) is 0 Å². The summed E-state index contributed by atoms with van der Waals surface area (Å²) in [6.07, 6.45) is 1.37. The second-order valence-corrected chi connectivity index (χ2v) is 8.04. The molecule has 7 nitrogen and oxygen atoms in total. The van der Waals surface area contributed by atoms with E-state index in [-0.39, 0.29) is 28.8 Å². The summed E-state index contributed by atoms with van der Waals surface area (Å²) < 4.78 is 19.4. The van der Waals surface area contributed by atoms with Crippen LogP contribution in [0.15, 0.2) is 59.2 Å². The normalized spacial score (nSPS) is 11.7. The molecule has 8 heteroatoms. The summed E-state index contributed by atoms with van der Waals surface area (Å²) in [5.41, 5.74) is 1.74. The Labute approximate surface area is 191 Å². The molecule has 1 atom stereocenters. The number of halogens is 1. The van der Waals surface area contributed by atoms with E-state index < -0.39 is 23.7 Å². The van der Waals surface area contributed by atoms with Crippen molar-refractivity contribution < 1.29 is 23.2 Å². The summed E-state index contributed by atoms with van der Waals surface area (Å²) >= 11 is 0. The third-order valence-electron chi connectivity index (χ3n) is 5.21. The van der Waals surface area contributed by atoms with E-state index in [1.165, 1.54) is 24.5 Å². The smallest absolute Gasteiger partial charge is 0.259 e. The van der Waals surface area contributed by atoms with Crippen molar-refractivity contribution in [3.8, 4) is 0 Å². The molecule has 0 fully saturated rings. The van der Waals surface area contributed by atoms with Gasteiger partial charge < -0.3 is 20.4 Å². The third kappa shape index (κ3) is 5.65. The van der Waals surface area contributed by atoms with Gasteiger partial charge in [0.1, 0.15) is 17.6 Å². The minimum atomic E-state index is -0.825. The Bertz CT molecular complexity index is 1190. The van der Waals surface area contributed by atoms with Crippen LogP contribution in [-0.4, -0.2) is 23.8 Å². The lowest BCUT2D eigenvalue weighted by Crippen LogP contribution is -2.47. The van der Waals surface area contributed by atoms with E-state index in [4.69, 9.17) is 4.42 Å². The van der Waals surface area contributed by atoms with Crippen molar-refractivity contribution in [3.63, 3.8) is 0 Å². The van der Waals surface area contributed by atoms with E-state index in [0.717, 1.165) is 11.6 Å². The average Bonchev–Trinajstić information content (AvgIpc) is 3.20. The molecule has 0 radical (unpaired) electrons. The van der Waals surface area contributed by atoms with Crippen LogP contribution >= 0.6 is 0 Å². The van der Waals surface area contributed by atoms with E-state index in [1.807, 2.05) is 32.9 Å². The summed E-state index contributed by atoms with van der Waals surface area (Å²) in [5.74, 6) is -1.81. The fourth-order valence-electron chi connectivity index (χ4n) is 3.31. The van der Waals surface area contributed by atoms with Crippen LogP contribution in [0, 0.1) is 25.6 Å². The first-order chi connectivity index (χ1) is 15.7. The molecule has 0 saturated heterocycles. The summed E-state index contributed by atoms with van der Waals surface area (Å²) in [6, 6.07) is 11.6. The highest BCUT2D eigenvalue weighted by Gasteiger charge is 2.25. The Kier molecular flexibility index (Phi) is 7.27. The third-order valence-corrected chi connectivity index (χ3v) is 5.21. The Morgan fingerprint density at radius 2 is 1.64 bits per heavy atom. The Hall–Kier alpha value is -3.94. The lowest BCUT2D eigenvalue weighted by atomic mass is 10.0. The molecule has 33 heavy (non-hydrogen) atoms. The zero-order valence-electron chi connectivity index (χ0n) is 18.9. The fourth-order valence-corrected chi connectivity index (χ4v) is 3.31. The van der Waals surface area contributed by atoms with Gasteiger partial charge in [0.05, 0.1) is 17.5 Å². The van der Waals surface area contributed by atoms with Crippen molar-refractivity contribution in [1.29, 1.82) is 0 Å². The van der Waals surface area contributed by atoms with Gasteiger partial charge in [0.25, 0.3) is 11.8 Å². The number of hydrogen-bond donors (Lipinski definition) is 3. The maximum absolute atomic E-state index is 14.3. The monoisotopic (exact) mass is 451 g/mol. The summed E-state index contributed by atoms with van der Waals surface area (Å²) in [7, 11) is 0. The van der Waals surface area contributed by atoms with E-state index in [9.17, 15) is 18.8 Å². The molecule has 0 aliphatic rings. The Morgan fingerprint density at radius 3 is 2.27 bits per heavy atom. The molecule has 3 N–H and O–H groups in total. The maximum Gasteiger partial charge on any atom is 0.259 e. The topological polar surface area (TPSA) is 100 Å². The molecular weight excluding hydrogens is 425 g/mol. The van der Waals surface area contributed by atoms with E-state index in [2.05, 4.69) is 16.0 Å². The number of furan rings is 1. The number of nitrogens with one attached hydrogen (secondary N) is 3. The summed E-state index contributed by atoms with van der Waals surface area (Å²) in [6.45, 7) is 7.07. The Balaban J connectivity index is 1.74. The number of rotatable bonds is 7. The zero-order chi connectivity index (χ0) is 24.1. The summed E-state index contributed by atoms with van der Waals surface area (Å²) in [5, 5.41) is 7.95. The van der Waals surface area contributed by atoms with E-state index in [0.29, 0.717) is 11.3 Å². The van der Waals surface area contributed by atoms with Gasteiger partial charge in [-0.2, -0.15) is 0 Å². The van der Waals surface area contributed by atoms with Crippen molar-refractivity contribution in [3.05, 3.63) is 83.1 Å². The molecule has 3 amide bonds. The molecule has 0 spiro atoms. The number of carbonyl (C=O) groups is 3. The molecular formula is C25H26FN3O4. The van der Waals surface area contributed by atoms with E-state index >= 15 is 0 Å². The van der Waals surface area contributed by atoms with Gasteiger partial charge in [0.15, 0.2) is 0 Å². The molecule has 1 heterocycles. The van der Waals surface area contributed by atoms with E-state index in [1.54, 1.807) is 19.1 Å². The largest absolute Gasteiger partial charge is 0.469 e. The van der Waals surface area contributed by atoms with Crippen molar-refractivity contribution in [1.82, 2.24) is 5.32 Å². The number of aryl methyl sites for hydroxylation is 2. The first kappa shape index (κ1) is 23.7. The number of benzene rings is 2. The molecule has 0 aliphatic heterocycles. The minimum absolute atomic E-state index is 0.0940. The van der Waals surface area contributed by atoms with Gasteiger partial charge in [-0.05, 0) is 55.7 Å². The standard InChI is InChI=1S/C25H26FN3O4/c1-14(2)22(29-23(30)18-8-6-5-7-15(18)3)25(32)27-17-9-10-20(26)21(13-17)28-24(31)19-11-12-33-16(19)4/h5-14,22H,1-4H3,(H,27,32)(H,28,31)(H,29,30). The summed E-state index contributed by atoms with van der Waals surface area (Å²) in [4.78, 5) is 38.0. The van der Waals surface area contributed by atoms with Crippen LogP contribution in [0.5, 0.6) is 0 Å². The molecule has 3 rings (SSSR count). The molecule has 0 aliphatic carbocycles. The number of carbonyl (C=O) groups excluding carboxylic acids is 3. The first-order valence-corrected chi connectivity index (χ1v) is 10.5. The quantitative estimate of drug-likeness (QED) is 0.486. The molecule has 3 aromatic rings. The highest BCUT2D eigenvalue weighted by Crippen LogP contribution is 2.22. The SMILES string of the molecule is Cc1ccccc1C(=O)NC(C(=O)Nc1ccc(F)c(NC(=O)c2ccoc2C)c1)C(C)C. The van der Waals surface area contributed by atoms with Crippen molar-refractivity contribution in [2.45, 2.75) is 33.7 Å². The molecule has 1 unspecified atom stereocenters. The molecule has 2 aromatic carbocycles. The highest BCUT2D eigenvalue weighted by molar-refractivity contribution is 6.06. The Morgan fingerprint density at radius 1 is 0.909 bits per heavy atom. The van der Waals surface area contributed by atoms with Gasteiger partial charge in [-0.15, -0.1) is 0 Å². The van der Waals surface area contributed by atoms with Gasteiger partial charge in [-0.1, -0.05) is 32.0 Å². The molecule has 172 valence electrons. The molecule has 0 bridgehead atoms. The van der Waals surface area contributed by atoms with Crippen molar-refractivity contribution in [2.24, 2.45) is 5.92 Å². The van der Waals surface area contributed by atoms with Crippen LogP contribution in [0.2, 0.25) is 0 Å². The van der Waals surface area contributed by atoms with Crippen LogP contribution in [0.25, 0.3) is 0 Å². The van der Waals surface area contributed by atoms with Crippen LogP contribution < -0.4 is 16.0 Å². The number of hydrogen-bond acceptors (Lipinski definition) is 4. The van der Waals surface area contributed by atoms with Crippen molar-refractivity contribution in [2.75, 3.05) is 10.6 Å². The van der Waals surface area contributed by atoms with Crippen LogP contribution in [-0.2, 0) is 4.79 Å². The second kappa shape index (κ2) is 10.1. The second-order valence-electron chi connectivity index (χ2n) is 8.04. The predicted molar refractivity (Wildman–Crippen MR) is 124 cm³/mol. The average molecular weight is 451 g/mol. The van der Waals surface area contributed by atoms with Gasteiger partial charge in [-0.25, -0.2) is 4.39 Å². The predicted octanol–water partition coefficient (Wildman–Crippen LogP) is 4.68. The van der Waals surface area contributed by atoms with Gasteiger partial charge >= 0.3 is 0 Å². The fraction of sp³-hybridized carbons (Fsp3) is 0.240. The zero-order valence-corrected chi connectivity index (χ0v) is 18.9. The van der Waals surface area contributed by atoms with Crippen LogP contribution in [0.1, 0.15) is 45.9 Å². The lowest BCUT2D eigenvalue weighted by Gasteiger charge is -2.22.